The Morgan fingerprint density at radius 2 is 1.69 bits per heavy atom. The van der Waals surface area contributed by atoms with Gasteiger partial charge in [0.05, 0.1) is 16.7 Å². The van der Waals surface area contributed by atoms with E-state index in [4.69, 9.17) is 0 Å². The van der Waals surface area contributed by atoms with Crippen molar-refractivity contribution in [1.82, 2.24) is 10.6 Å². The van der Waals surface area contributed by atoms with Gasteiger partial charge in [0.2, 0.25) is 5.91 Å². The molecule has 1 amide bonds. The minimum absolute atomic E-state index is 0.161. The lowest BCUT2D eigenvalue weighted by Crippen LogP contribution is -2.54. The molecule has 0 saturated heterocycles. The van der Waals surface area contributed by atoms with Crippen LogP contribution in [0.5, 0.6) is 0 Å². The molecule has 1 unspecified atom stereocenters. The van der Waals surface area contributed by atoms with Crippen LogP contribution in [-0.2, 0) is 14.6 Å². The first kappa shape index (κ1) is 23.7. The third-order valence-electron chi connectivity index (χ3n) is 5.03. The van der Waals surface area contributed by atoms with Crippen LogP contribution in [0.3, 0.4) is 0 Å². The summed E-state index contributed by atoms with van der Waals surface area (Å²) >= 11 is 0. The Hall–Kier alpha value is -2.97. The van der Waals surface area contributed by atoms with Gasteiger partial charge in [-0.15, -0.1) is 0 Å². The lowest BCUT2D eigenvalue weighted by atomic mass is 10.0. The van der Waals surface area contributed by atoms with Gasteiger partial charge in [-0.3, -0.25) is 10.1 Å². The fraction of sp³-hybridized carbons (Fsp3) is 0.333. The number of nitriles is 1. The van der Waals surface area contributed by atoms with E-state index in [2.05, 4.69) is 10.6 Å². The molecule has 6 nitrogen and oxygen atoms in total. The molecular formula is C21H19F4N3O3S. The van der Waals surface area contributed by atoms with Crippen molar-refractivity contribution in [3.05, 3.63) is 66.0 Å². The lowest BCUT2D eigenvalue weighted by molar-refractivity contribution is -0.160. The average molecular weight is 469 g/mol. The maximum absolute atomic E-state index is 13.8. The van der Waals surface area contributed by atoms with Crippen LogP contribution in [0.1, 0.15) is 24.4 Å². The average Bonchev–Trinajstić information content (AvgIpc) is 3.51. The Bertz CT molecular complexity index is 1110. The summed E-state index contributed by atoms with van der Waals surface area (Å²) in [6, 6.07) is 8.07. The molecule has 0 heterocycles. The standard InChI is InChI=1S/C21H19F4N3O3S/c22-15-8-6-14(7-9-15)18(21(23,24)25)27-17(19(29)28-20(13-26)10-11-20)12-32(30,31)16-4-2-1-3-5-16/h1-9,17-18,27H,10-12H2,(H,28,29)/t17?,18-/m1/s1. The first-order valence-corrected chi connectivity index (χ1v) is 11.2. The number of carbonyl (C=O) groups is 1. The predicted octanol–water partition coefficient (Wildman–Crippen LogP) is 3.03. The topological polar surface area (TPSA) is 99.1 Å². The summed E-state index contributed by atoms with van der Waals surface area (Å²) in [5, 5.41) is 13.6. The number of carbonyl (C=O) groups excluding carboxylic acids is 1. The molecule has 0 radical (unpaired) electrons. The molecule has 2 aromatic carbocycles. The number of amides is 1. The number of hydrogen-bond donors (Lipinski definition) is 2. The molecule has 1 fully saturated rings. The first-order valence-electron chi connectivity index (χ1n) is 9.55. The van der Waals surface area contributed by atoms with Gasteiger partial charge < -0.3 is 5.32 Å². The van der Waals surface area contributed by atoms with Crippen molar-refractivity contribution in [2.75, 3.05) is 5.75 Å². The van der Waals surface area contributed by atoms with E-state index in [9.17, 15) is 36.0 Å². The van der Waals surface area contributed by atoms with Gasteiger partial charge >= 0.3 is 6.18 Å². The molecule has 1 saturated carbocycles. The molecule has 3 rings (SSSR count). The number of rotatable bonds is 8. The van der Waals surface area contributed by atoms with Gasteiger partial charge in [-0.2, -0.15) is 18.4 Å². The Morgan fingerprint density at radius 1 is 1.09 bits per heavy atom. The molecule has 0 bridgehead atoms. The molecule has 1 aliphatic carbocycles. The molecule has 1 aliphatic rings. The SMILES string of the molecule is N#CC1(NC(=O)C(CS(=O)(=O)c2ccccc2)N[C@H](c2ccc(F)cc2)C(F)(F)F)CC1. The molecular weight excluding hydrogens is 450 g/mol. The second-order valence-electron chi connectivity index (χ2n) is 7.52. The number of alkyl halides is 3. The van der Waals surface area contributed by atoms with Crippen LogP contribution in [0.4, 0.5) is 17.6 Å². The van der Waals surface area contributed by atoms with Crippen LogP contribution in [0.25, 0.3) is 0 Å². The van der Waals surface area contributed by atoms with Crippen molar-refractivity contribution < 1.29 is 30.8 Å². The van der Waals surface area contributed by atoms with Crippen molar-refractivity contribution in [1.29, 1.82) is 5.26 Å². The molecule has 0 aliphatic heterocycles. The molecule has 2 aromatic rings. The quantitative estimate of drug-likeness (QED) is 0.579. The molecule has 0 spiro atoms. The van der Waals surface area contributed by atoms with Crippen molar-refractivity contribution >= 4 is 15.7 Å². The second kappa shape index (κ2) is 8.88. The third-order valence-corrected chi connectivity index (χ3v) is 6.79. The summed E-state index contributed by atoms with van der Waals surface area (Å²) in [4.78, 5) is 12.6. The van der Waals surface area contributed by atoms with E-state index in [1.807, 2.05) is 6.07 Å². The number of nitrogens with zero attached hydrogens (tertiary/aromatic N) is 1. The minimum atomic E-state index is -4.92. The highest BCUT2D eigenvalue weighted by atomic mass is 32.2. The van der Waals surface area contributed by atoms with Crippen LogP contribution < -0.4 is 10.6 Å². The van der Waals surface area contributed by atoms with Crippen LogP contribution in [0.2, 0.25) is 0 Å². The van der Waals surface area contributed by atoms with Crippen molar-refractivity contribution in [2.45, 2.75) is 41.5 Å². The Balaban J connectivity index is 1.94. The van der Waals surface area contributed by atoms with E-state index in [0.717, 1.165) is 24.3 Å². The van der Waals surface area contributed by atoms with E-state index < -0.39 is 56.7 Å². The number of benzene rings is 2. The first-order chi connectivity index (χ1) is 15.0. The summed E-state index contributed by atoms with van der Waals surface area (Å²) in [5.74, 6) is -2.77. The zero-order valence-electron chi connectivity index (χ0n) is 16.6. The lowest BCUT2D eigenvalue weighted by Gasteiger charge is -2.28. The number of hydrogen-bond acceptors (Lipinski definition) is 5. The van der Waals surface area contributed by atoms with Gasteiger partial charge in [0.1, 0.15) is 23.4 Å². The largest absolute Gasteiger partial charge is 0.407 e. The summed E-state index contributed by atoms with van der Waals surface area (Å²) in [6.07, 6.45) is -4.29. The highest BCUT2D eigenvalue weighted by Crippen LogP contribution is 2.36. The fourth-order valence-electron chi connectivity index (χ4n) is 3.09. The summed E-state index contributed by atoms with van der Waals surface area (Å²) in [5.41, 5.74) is -1.60. The monoisotopic (exact) mass is 469 g/mol. The van der Waals surface area contributed by atoms with E-state index in [0.29, 0.717) is 12.8 Å². The molecule has 32 heavy (non-hydrogen) atoms. The number of halogens is 4. The zero-order chi connectivity index (χ0) is 23.6. The summed E-state index contributed by atoms with van der Waals surface area (Å²) < 4.78 is 80.2. The Labute approximate surface area is 182 Å². The highest BCUT2D eigenvalue weighted by molar-refractivity contribution is 7.91. The highest BCUT2D eigenvalue weighted by Gasteiger charge is 2.48. The smallest absolute Gasteiger partial charge is 0.336 e. The van der Waals surface area contributed by atoms with Gasteiger partial charge in [-0.05, 0) is 42.7 Å². The maximum atomic E-state index is 13.8. The third kappa shape index (κ3) is 5.63. The molecule has 170 valence electrons. The van der Waals surface area contributed by atoms with E-state index in [1.54, 1.807) is 6.07 Å². The van der Waals surface area contributed by atoms with Gasteiger partial charge in [-0.25, -0.2) is 12.8 Å². The maximum Gasteiger partial charge on any atom is 0.407 e. The summed E-state index contributed by atoms with van der Waals surface area (Å²) in [7, 11) is -4.16. The summed E-state index contributed by atoms with van der Waals surface area (Å²) in [6.45, 7) is 0. The van der Waals surface area contributed by atoms with Gasteiger partial charge in [0.15, 0.2) is 9.84 Å². The minimum Gasteiger partial charge on any atom is -0.336 e. The Kier molecular flexibility index (Phi) is 6.57. The normalized spacial score (nSPS) is 17.1. The van der Waals surface area contributed by atoms with Crippen molar-refractivity contribution in [2.24, 2.45) is 0 Å². The van der Waals surface area contributed by atoms with Crippen LogP contribution in [-0.4, -0.2) is 37.8 Å². The zero-order valence-corrected chi connectivity index (χ0v) is 17.4. The Morgan fingerprint density at radius 3 is 2.19 bits per heavy atom. The number of nitrogens with one attached hydrogen (secondary N) is 2. The van der Waals surface area contributed by atoms with Crippen LogP contribution >= 0.6 is 0 Å². The van der Waals surface area contributed by atoms with Crippen LogP contribution in [0, 0.1) is 17.1 Å². The van der Waals surface area contributed by atoms with E-state index >= 15 is 0 Å². The van der Waals surface area contributed by atoms with Crippen molar-refractivity contribution in [3.8, 4) is 6.07 Å². The van der Waals surface area contributed by atoms with Gasteiger partial charge in [0.25, 0.3) is 0 Å². The molecule has 11 heteroatoms. The van der Waals surface area contributed by atoms with E-state index in [1.165, 1.54) is 24.3 Å². The molecule has 2 N–H and O–H groups in total. The second-order valence-corrected chi connectivity index (χ2v) is 9.56. The van der Waals surface area contributed by atoms with Gasteiger partial charge in [-0.1, -0.05) is 30.3 Å². The predicted molar refractivity (Wildman–Crippen MR) is 106 cm³/mol. The van der Waals surface area contributed by atoms with Crippen molar-refractivity contribution in [3.63, 3.8) is 0 Å². The molecule has 0 aromatic heterocycles. The fourth-order valence-corrected chi connectivity index (χ4v) is 4.54. The number of sulfone groups is 1. The van der Waals surface area contributed by atoms with E-state index in [-0.39, 0.29) is 4.90 Å². The van der Waals surface area contributed by atoms with Gasteiger partial charge in [0, 0.05) is 0 Å². The van der Waals surface area contributed by atoms with Crippen LogP contribution in [0.15, 0.2) is 59.5 Å². The molecule has 2 atom stereocenters.